The molecule has 1 saturated heterocycles. The smallest absolute Gasteiger partial charge is 0.0722 e. The lowest BCUT2D eigenvalue weighted by Crippen LogP contribution is -2.36. The van der Waals surface area contributed by atoms with Gasteiger partial charge in [0.05, 0.1) is 12.7 Å². The summed E-state index contributed by atoms with van der Waals surface area (Å²) in [5.74, 6) is 1.31. The Morgan fingerprint density at radius 2 is 1.88 bits per heavy atom. The number of rotatable bonds is 7. The molecule has 0 amide bonds. The van der Waals surface area contributed by atoms with Crippen LogP contribution in [0.2, 0.25) is 0 Å². The van der Waals surface area contributed by atoms with Gasteiger partial charge in [-0.25, -0.2) is 0 Å². The molecule has 2 fully saturated rings. The lowest BCUT2D eigenvalue weighted by molar-refractivity contribution is -0.0263. The minimum Gasteiger partial charge on any atom is -0.381 e. The molecular weight excluding hydrogens is 214 g/mol. The third kappa shape index (κ3) is 4.94. The van der Waals surface area contributed by atoms with E-state index in [1.807, 2.05) is 0 Å². The van der Waals surface area contributed by atoms with E-state index in [4.69, 9.17) is 9.47 Å². The lowest BCUT2D eigenvalue weighted by Gasteiger charge is -2.27. The second-order valence-corrected chi connectivity index (χ2v) is 5.85. The van der Waals surface area contributed by atoms with Gasteiger partial charge in [-0.2, -0.15) is 0 Å². The largest absolute Gasteiger partial charge is 0.381 e. The highest BCUT2D eigenvalue weighted by Gasteiger charge is 2.24. The molecule has 1 aliphatic carbocycles. The molecule has 100 valence electrons. The molecule has 2 aliphatic rings. The Labute approximate surface area is 105 Å². The van der Waals surface area contributed by atoms with Gasteiger partial charge in [0.25, 0.3) is 0 Å². The van der Waals surface area contributed by atoms with Gasteiger partial charge < -0.3 is 14.8 Å². The normalized spacial score (nSPS) is 24.2. The van der Waals surface area contributed by atoms with Crippen LogP contribution in [0.3, 0.4) is 0 Å². The molecule has 1 aliphatic heterocycles. The van der Waals surface area contributed by atoms with Crippen LogP contribution in [0.4, 0.5) is 0 Å². The second kappa shape index (κ2) is 6.72. The number of hydrogen-bond donors (Lipinski definition) is 1. The minimum absolute atomic E-state index is 0.374. The first-order valence-corrected chi connectivity index (χ1v) is 7.18. The quantitative estimate of drug-likeness (QED) is 0.741. The summed E-state index contributed by atoms with van der Waals surface area (Å²) in [6.07, 6.45) is 5.41. The molecule has 0 spiro atoms. The van der Waals surface area contributed by atoms with E-state index in [2.05, 4.69) is 19.2 Å². The van der Waals surface area contributed by atoms with E-state index in [0.29, 0.717) is 17.9 Å². The van der Waals surface area contributed by atoms with Crippen LogP contribution in [-0.2, 0) is 9.47 Å². The molecule has 0 aromatic carbocycles. The Hall–Kier alpha value is -0.120. The lowest BCUT2D eigenvalue weighted by atomic mass is 10.0. The average Bonchev–Trinajstić information content (AvgIpc) is 3.14. The van der Waals surface area contributed by atoms with E-state index in [-0.39, 0.29) is 0 Å². The summed E-state index contributed by atoms with van der Waals surface area (Å²) in [6.45, 7) is 8.28. The second-order valence-electron chi connectivity index (χ2n) is 5.85. The third-order valence-electron chi connectivity index (χ3n) is 3.82. The van der Waals surface area contributed by atoms with E-state index in [1.165, 1.54) is 25.7 Å². The van der Waals surface area contributed by atoms with Gasteiger partial charge in [-0.05, 0) is 37.5 Å². The summed E-state index contributed by atoms with van der Waals surface area (Å²) in [5, 5.41) is 3.58. The highest BCUT2D eigenvalue weighted by Crippen LogP contribution is 2.20. The Morgan fingerprint density at radius 3 is 2.47 bits per heavy atom. The summed E-state index contributed by atoms with van der Waals surface area (Å²) in [6, 6.07) is 0.780. The van der Waals surface area contributed by atoms with Crippen LogP contribution in [0.25, 0.3) is 0 Å². The molecule has 1 atom stereocenters. The Balaban J connectivity index is 1.64. The van der Waals surface area contributed by atoms with E-state index < -0.39 is 0 Å². The molecule has 17 heavy (non-hydrogen) atoms. The topological polar surface area (TPSA) is 30.5 Å². The maximum Gasteiger partial charge on any atom is 0.0722 e. The van der Waals surface area contributed by atoms with Crippen molar-refractivity contribution in [1.29, 1.82) is 0 Å². The van der Waals surface area contributed by atoms with Crippen molar-refractivity contribution in [2.45, 2.75) is 51.7 Å². The molecule has 1 heterocycles. The van der Waals surface area contributed by atoms with E-state index >= 15 is 0 Å². The van der Waals surface area contributed by atoms with Crippen LogP contribution in [0.15, 0.2) is 0 Å². The van der Waals surface area contributed by atoms with Crippen LogP contribution in [-0.4, -0.2) is 38.5 Å². The standard InChI is InChI=1S/C14H27NO2/c1-11(2)14(9-15-13-3-4-13)17-10-12-5-7-16-8-6-12/h11-15H,3-10H2,1-2H3. The molecule has 1 unspecified atom stereocenters. The molecular formula is C14H27NO2. The molecule has 0 aromatic rings. The summed E-state index contributed by atoms with van der Waals surface area (Å²) in [5.41, 5.74) is 0. The molecule has 3 heteroatoms. The van der Waals surface area contributed by atoms with Crippen LogP contribution in [0.5, 0.6) is 0 Å². The number of hydrogen-bond acceptors (Lipinski definition) is 3. The van der Waals surface area contributed by atoms with Crippen molar-refractivity contribution in [3.05, 3.63) is 0 Å². The minimum atomic E-state index is 0.374. The first-order chi connectivity index (χ1) is 8.25. The van der Waals surface area contributed by atoms with Gasteiger partial charge in [0.1, 0.15) is 0 Å². The van der Waals surface area contributed by atoms with Gasteiger partial charge in [0, 0.05) is 25.8 Å². The maximum absolute atomic E-state index is 6.10. The van der Waals surface area contributed by atoms with Crippen LogP contribution in [0.1, 0.15) is 39.5 Å². The van der Waals surface area contributed by atoms with Crippen molar-refractivity contribution in [3.8, 4) is 0 Å². The van der Waals surface area contributed by atoms with Crippen LogP contribution >= 0.6 is 0 Å². The summed E-state index contributed by atoms with van der Waals surface area (Å²) < 4.78 is 11.5. The van der Waals surface area contributed by atoms with Gasteiger partial charge in [0.2, 0.25) is 0 Å². The van der Waals surface area contributed by atoms with E-state index in [9.17, 15) is 0 Å². The molecule has 1 N–H and O–H groups in total. The number of nitrogens with one attached hydrogen (secondary N) is 1. The molecule has 0 aromatic heterocycles. The Bertz CT molecular complexity index is 210. The molecule has 0 bridgehead atoms. The molecule has 0 radical (unpaired) electrons. The highest BCUT2D eigenvalue weighted by molar-refractivity contribution is 4.82. The van der Waals surface area contributed by atoms with Crippen LogP contribution in [0, 0.1) is 11.8 Å². The van der Waals surface area contributed by atoms with Gasteiger partial charge in [0.15, 0.2) is 0 Å². The van der Waals surface area contributed by atoms with E-state index in [0.717, 1.165) is 32.4 Å². The van der Waals surface area contributed by atoms with Gasteiger partial charge >= 0.3 is 0 Å². The fourth-order valence-electron chi connectivity index (χ4n) is 2.23. The number of ether oxygens (including phenoxy) is 2. The van der Waals surface area contributed by atoms with Crippen molar-refractivity contribution in [2.75, 3.05) is 26.4 Å². The zero-order chi connectivity index (χ0) is 12.1. The third-order valence-corrected chi connectivity index (χ3v) is 3.82. The van der Waals surface area contributed by atoms with Gasteiger partial charge in [-0.1, -0.05) is 13.8 Å². The van der Waals surface area contributed by atoms with Crippen molar-refractivity contribution >= 4 is 0 Å². The monoisotopic (exact) mass is 241 g/mol. The molecule has 2 rings (SSSR count). The van der Waals surface area contributed by atoms with Crippen molar-refractivity contribution in [3.63, 3.8) is 0 Å². The predicted octanol–water partition coefficient (Wildman–Crippen LogP) is 2.21. The van der Waals surface area contributed by atoms with Gasteiger partial charge in [-0.15, -0.1) is 0 Å². The van der Waals surface area contributed by atoms with E-state index in [1.54, 1.807) is 0 Å². The van der Waals surface area contributed by atoms with Crippen molar-refractivity contribution in [2.24, 2.45) is 11.8 Å². The molecule has 3 nitrogen and oxygen atoms in total. The fraction of sp³-hybridized carbons (Fsp3) is 1.00. The maximum atomic E-state index is 6.10. The predicted molar refractivity (Wildman–Crippen MR) is 69.1 cm³/mol. The van der Waals surface area contributed by atoms with Gasteiger partial charge in [-0.3, -0.25) is 0 Å². The summed E-state index contributed by atoms with van der Waals surface area (Å²) in [4.78, 5) is 0. The van der Waals surface area contributed by atoms with Crippen molar-refractivity contribution < 1.29 is 9.47 Å². The SMILES string of the molecule is CC(C)C(CNC1CC1)OCC1CCOCC1. The fourth-order valence-corrected chi connectivity index (χ4v) is 2.23. The van der Waals surface area contributed by atoms with Crippen molar-refractivity contribution in [1.82, 2.24) is 5.32 Å². The average molecular weight is 241 g/mol. The first-order valence-electron chi connectivity index (χ1n) is 7.18. The highest BCUT2D eigenvalue weighted by atomic mass is 16.5. The first kappa shape index (κ1) is 13.3. The zero-order valence-corrected chi connectivity index (χ0v) is 11.3. The van der Waals surface area contributed by atoms with Crippen LogP contribution < -0.4 is 5.32 Å². The molecule has 1 saturated carbocycles. The Morgan fingerprint density at radius 1 is 1.18 bits per heavy atom. The zero-order valence-electron chi connectivity index (χ0n) is 11.3. The summed E-state index contributed by atoms with van der Waals surface area (Å²) in [7, 11) is 0. The summed E-state index contributed by atoms with van der Waals surface area (Å²) >= 11 is 0. The Kier molecular flexibility index (Phi) is 5.26.